The largest absolute Gasteiger partial charge is 0.481 e. The number of nitrogens with zero attached hydrogens (tertiary/aromatic N) is 1. The van der Waals surface area contributed by atoms with Crippen LogP contribution in [0.1, 0.15) is 18.0 Å². The number of rotatable bonds is 2. The van der Waals surface area contributed by atoms with Crippen LogP contribution in [-0.4, -0.2) is 28.9 Å². The van der Waals surface area contributed by atoms with E-state index in [1.807, 2.05) is 0 Å². The molecule has 90 valence electrons. The number of carboxylic acid groups (broad SMARTS) is 1. The number of hydrogen-bond donors (Lipinski definition) is 1. The number of hydrogen-bond acceptors (Lipinski definition) is 2. The third kappa shape index (κ3) is 2.00. The van der Waals surface area contributed by atoms with Gasteiger partial charge in [-0.2, -0.15) is 0 Å². The van der Waals surface area contributed by atoms with Gasteiger partial charge in [-0.15, -0.1) is 0 Å². The van der Waals surface area contributed by atoms with Crippen LogP contribution in [0.15, 0.2) is 24.3 Å². The minimum Gasteiger partial charge on any atom is -0.481 e. The highest BCUT2D eigenvalue weighted by molar-refractivity contribution is 5.87. The Bertz CT molecular complexity index is 457. The Morgan fingerprint density at radius 1 is 1.41 bits per heavy atom. The van der Waals surface area contributed by atoms with E-state index < -0.39 is 17.9 Å². The maximum atomic E-state index is 12.8. The zero-order valence-corrected chi connectivity index (χ0v) is 9.26. The molecule has 2 atom stereocenters. The second-order valence-electron chi connectivity index (χ2n) is 4.15. The van der Waals surface area contributed by atoms with E-state index in [9.17, 15) is 14.0 Å². The van der Waals surface area contributed by atoms with Crippen LogP contribution in [0, 0.1) is 11.7 Å². The summed E-state index contributed by atoms with van der Waals surface area (Å²) in [6, 6.07) is 5.06. The van der Waals surface area contributed by atoms with Crippen LogP contribution in [0.2, 0.25) is 0 Å². The Labute approximate surface area is 97.7 Å². The summed E-state index contributed by atoms with van der Waals surface area (Å²) in [4.78, 5) is 24.0. The van der Waals surface area contributed by atoms with E-state index in [-0.39, 0.29) is 18.1 Å². The maximum Gasteiger partial charge on any atom is 0.309 e. The van der Waals surface area contributed by atoms with Gasteiger partial charge in [-0.3, -0.25) is 9.59 Å². The third-order valence-electron chi connectivity index (χ3n) is 3.12. The summed E-state index contributed by atoms with van der Waals surface area (Å²) in [6.45, 7) is 0. The number of benzene rings is 1. The Kier molecular flexibility index (Phi) is 2.83. The van der Waals surface area contributed by atoms with Crippen molar-refractivity contribution >= 4 is 11.9 Å². The Morgan fingerprint density at radius 3 is 2.53 bits per heavy atom. The van der Waals surface area contributed by atoms with Gasteiger partial charge in [0.15, 0.2) is 0 Å². The summed E-state index contributed by atoms with van der Waals surface area (Å²) in [5.74, 6) is -2.35. The molecule has 1 heterocycles. The van der Waals surface area contributed by atoms with Gasteiger partial charge in [-0.05, 0) is 17.7 Å². The van der Waals surface area contributed by atoms with E-state index in [1.165, 1.54) is 29.2 Å². The van der Waals surface area contributed by atoms with Gasteiger partial charge in [0.1, 0.15) is 5.82 Å². The van der Waals surface area contributed by atoms with E-state index in [2.05, 4.69) is 0 Å². The Morgan fingerprint density at radius 2 is 2.00 bits per heavy atom. The predicted molar refractivity (Wildman–Crippen MR) is 57.7 cm³/mol. The molecule has 1 aromatic rings. The molecule has 1 amide bonds. The molecule has 2 unspecified atom stereocenters. The predicted octanol–water partition coefficient (Wildman–Crippen LogP) is 1.43. The molecule has 0 radical (unpaired) electrons. The van der Waals surface area contributed by atoms with Gasteiger partial charge in [-0.25, -0.2) is 4.39 Å². The number of amides is 1. The van der Waals surface area contributed by atoms with E-state index in [0.29, 0.717) is 5.56 Å². The highest BCUT2D eigenvalue weighted by Gasteiger charge is 2.42. The van der Waals surface area contributed by atoms with Gasteiger partial charge in [0, 0.05) is 13.5 Å². The van der Waals surface area contributed by atoms with E-state index in [1.54, 1.807) is 7.05 Å². The molecule has 17 heavy (non-hydrogen) atoms. The van der Waals surface area contributed by atoms with Crippen molar-refractivity contribution in [3.05, 3.63) is 35.6 Å². The summed E-state index contributed by atoms with van der Waals surface area (Å²) < 4.78 is 12.8. The average Bonchev–Trinajstić information content (AvgIpc) is 2.57. The van der Waals surface area contributed by atoms with Crippen molar-refractivity contribution in [1.29, 1.82) is 0 Å². The van der Waals surface area contributed by atoms with Gasteiger partial charge in [0.25, 0.3) is 0 Å². The quantitative estimate of drug-likeness (QED) is 0.846. The molecular weight excluding hydrogens is 225 g/mol. The fourth-order valence-corrected chi connectivity index (χ4v) is 2.21. The first kappa shape index (κ1) is 11.6. The summed E-state index contributed by atoms with van der Waals surface area (Å²) in [5.41, 5.74) is 0.646. The van der Waals surface area contributed by atoms with Crippen LogP contribution < -0.4 is 0 Å². The van der Waals surface area contributed by atoms with Gasteiger partial charge < -0.3 is 10.0 Å². The minimum absolute atomic E-state index is 0.00607. The number of halogens is 1. The summed E-state index contributed by atoms with van der Waals surface area (Å²) in [5, 5.41) is 9.08. The lowest BCUT2D eigenvalue weighted by atomic mass is 9.94. The van der Waals surface area contributed by atoms with E-state index in [0.717, 1.165) is 0 Å². The highest BCUT2D eigenvalue weighted by atomic mass is 19.1. The van der Waals surface area contributed by atoms with Crippen LogP contribution in [-0.2, 0) is 9.59 Å². The molecule has 4 nitrogen and oxygen atoms in total. The number of carbonyl (C=O) groups is 2. The fourth-order valence-electron chi connectivity index (χ4n) is 2.21. The standard InChI is InChI=1S/C12H12FNO3/c1-14-10(15)6-9(12(16)17)11(14)7-2-4-8(13)5-3-7/h2-5,9,11H,6H2,1H3,(H,16,17). The molecule has 5 heteroatoms. The summed E-state index contributed by atoms with van der Waals surface area (Å²) >= 11 is 0. The molecule has 0 bridgehead atoms. The van der Waals surface area contributed by atoms with Crippen molar-refractivity contribution in [3.8, 4) is 0 Å². The van der Waals surface area contributed by atoms with Crippen molar-refractivity contribution < 1.29 is 19.1 Å². The van der Waals surface area contributed by atoms with Gasteiger partial charge in [0.05, 0.1) is 12.0 Å². The molecule has 0 aromatic heterocycles. The molecule has 1 N–H and O–H groups in total. The molecule has 1 fully saturated rings. The van der Waals surface area contributed by atoms with Crippen LogP contribution in [0.5, 0.6) is 0 Å². The monoisotopic (exact) mass is 237 g/mol. The topological polar surface area (TPSA) is 57.6 Å². The second kappa shape index (κ2) is 4.16. The lowest BCUT2D eigenvalue weighted by Crippen LogP contribution is -2.26. The molecule has 1 aliphatic heterocycles. The zero-order chi connectivity index (χ0) is 12.6. The van der Waals surface area contributed by atoms with Crippen molar-refractivity contribution in [2.24, 2.45) is 5.92 Å². The SMILES string of the molecule is CN1C(=O)CC(C(=O)O)C1c1ccc(F)cc1. The molecular formula is C12H12FNO3. The number of aliphatic carboxylic acids is 1. The normalized spacial score (nSPS) is 24.1. The van der Waals surface area contributed by atoms with Gasteiger partial charge >= 0.3 is 5.97 Å². The molecule has 2 rings (SSSR count). The molecule has 0 spiro atoms. The summed E-state index contributed by atoms with van der Waals surface area (Å²) in [6.07, 6.45) is -0.00607. The third-order valence-corrected chi connectivity index (χ3v) is 3.12. The van der Waals surface area contributed by atoms with E-state index >= 15 is 0 Å². The Hall–Kier alpha value is -1.91. The molecule has 1 aliphatic rings. The fraction of sp³-hybridized carbons (Fsp3) is 0.333. The summed E-state index contributed by atoms with van der Waals surface area (Å²) in [7, 11) is 1.57. The Balaban J connectivity index is 2.37. The lowest BCUT2D eigenvalue weighted by Gasteiger charge is -2.23. The van der Waals surface area contributed by atoms with Gasteiger partial charge in [0.2, 0.25) is 5.91 Å². The van der Waals surface area contributed by atoms with Crippen molar-refractivity contribution in [2.75, 3.05) is 7.05 Å². The van der Waals surface area contributed by atoms with Crippen molar-refractivity contribution in [1.82, 2.24) is 4.90 Å². The van der Waals surface area contributed by atoms with Crippen molar-refractivity contribution in [3.63, 3.8) is 0 Å². The van der Waals surface area contributed by atoms with Crippen LogP contribution >= 0.6 is 0 Å². The van der Waals surface area contributed by atoms with Crippen LogP contribution in [0.4, 0.5) is 4.39 Å². The molecule has 1 saturated heterocycles. The number of carboxylic acids is 1. The maximum absolute atomic E-state index is 12.8. The molecule has 0 aliphatic carbocycles. The first-order valence-electron chi connectivity index (χ1n) is 5.24. The number of carbonyl (C=O) groups excluding carboxylic acids is 1. The van der Waals surface area contributed by atoms with E-state index in [4.69, 9.17) is 5.11 Å². The van der Waals surface area contributed by atoms with Crippen molar-refractivity contribution in [2.45, 2.75) is 12.5 Å². The van der Waals surface area contributed by atoms with Crippen LogP contribution in [0.25, 0.3) is 0 Å². The average molecular weight is 237 g/mol. The second-order valence-corrected chi connectivity index (χ2v) is 4.15. The molecule has 1 aromatic carbocycles. The van der Waals surface area contributed by atoms with Crippen LogP contribution in [0.3, 0.4) is 0 Å². The highest BCUT2D eigenvalue weighted by Crippen LogP contribution is 2.36. The van der Waals surface area contributed by atoms with Gasteiger partial charge in [-0.1, -0.05) is 12.1 Å². The first-order chi connectivity index (χ1) is 8.00. The zero-order valence-electron chi connectivity index (χ0n) is 9.26. The lowest BCUT2D eigenvalue weighted by molar-refractivity contribution is -0.142. The first-order valence-corrected chi connectivity index (χ1v) is 5.24. The molecule has 0 saturated carbocycles. The number of likely N-dealkylation sites (tertiary alicyclic amines) is 1. The minimum atomic E-state index is -1.00. The smallest absolute Gasteiger partial charge is 0.309 e.